The van der Waals surface area contributed by atoms with Gasteiger partial charge in [-0.15, -0.1) is 0 Å². The molecule has 4 N–H and O–H groups in total. The number of piperidine rings is 2. The van der Waals surface area contributed by atoms with E-state index in [0.29, 0.717) is 38.3 Å². The summed E-state index contributed by atoms with van der Waals surface area (Å²) in [5.41, 5.74) is 7.11. The number of amides is 3. The van der Waals surface area contributed by atoms with E-state index in [1.165, 1.54) is 43.3 Å². The van der Waals surface area contributed by atoms with Crippen molar-refractivity contribution in [2.75, 3.05) is 69.9 Å². The standard InChI is InChI=1S/C40H50F4N12O6/c1-51(12-5-17-61-16-4-7-25-6-3-8-29-34(25)52(2)39(60)56(29)30-9-10-32(57)49-38(30)59)14-18-62-19-15-54-23-28(33(50-54)35(41)42)47-37(58)27-21-46-55-13-11-31(48-36(27)55)53-22-26(45)20-40(43,44)24-53/h3,6,8,11,13,21,23,26,30,35H,4-5,7,9-10,12,14-20,22,24,45H2,1-2H3,(H,47,58)(H,49,57,59)/t26-,30?/m1/s1. The number of imidazole rings is 1. The van der Waals surface area contributed by atoms with Crippen LogP contribution in [0, 0.1) is 0 Å². The molecule has 0 aliphatic carbocycles. The second-order valence-electron chi connectivity index (χ2n) is 15.7. The van der Waals surface area contributed by atoms with Crippen LogP contribution < -0.4 is 27.0 Å². The van der Waals surface area contributed by atoms with Crippen LogP contribution >= 0.6 is 0 Å². The van der Waals surface area contributed by atoms with Crippen molar-refractivity contribution in [3.8, 4) is 0 Å². The number of fused-ring (bicyclic) bond motifs is 2. The van der Waals surface area contributed by atoms with E-state index in [1.807, 2.05) is 25.2 Å². The summed E-state index contributed by atoms with van der Waals surface area (Å²) in [6.07, 6.45) is 3.18. The Labute approximate surface area is 352 Å². The molecular formula is C40H50F4N12O6. The summed E-state index contributed by atoms with van der Waals surface area (Å²) in [7, 11) is 3.64. The summed E-state index contributed by atoms with van der Waals surface area (Å²) in [4.78, 5) is 58.5. The third-order valence-corrected chi connectivity index (χ3v) is 11.0. The van der Waals surface area contributed by atoms with E-state index in [0.717, 1.165) is 30.5 Å². The third-order valence-electron chi connectivity index (χ3n) is 11.0. The third kappa shape index (κ3) is 10.1. The minimum Gasteiger partial charge on any atom is -0.381 e. The lowest BCUT2D eigenvalue weighted by molar-refractivity contribution is -0.135. The number of benzene rings is 1. The molecular weight excluding hydrogens is 821 g/mol. The fourth-order valence-electron chi connectivity index (χ4n) is 7.95. The molecule has 5 aromatic rings. The fourth-order valence-corrected chi connectivity index (χ4v) is 7.95. The highest BCUT2D eigenvalue weighted by Gasteiger charge is 2.40. The fraction of sp³-hybridized carbons (Fsp3) is 0.525. The normalized spacial score (nSPS) is 18.1. The quantitative estimate of drug-likeness (QED) is 0.0624. The molecule has 2 atom stereocenters. The van der Waals surface area contributed by atoms with Crippen molar-refractivity contribution in [3.63, 3.8) is 0 Å². The maximum atomic E-state index is 14.2. The Morgan fingerprint density at radius 2 is 1.89 bits per heavy atom. The maximum absolute atomic E-state index is 14.2. The molecule has 62 heavy (non-hydrogen) atoms. The maximum Gasteiger partial charge on any atom is 0.329 e. The number of aromatic nitrogens is 7. The van der Waals surface area contributed by atoms with E-state index in [4.69, 9.17) is 15.2 Å². The minimum absolute atomic E-state index is 0.0478. The summed E-state index contributed by atoms with van der Waals surface area (Å²) in [6.45, 7) is 2.71. The van der Waals surface area contributed by atoms with Crippen molar-refractivity contribution >= 4 is 45.9 Å². The van der Waals surface area contributed by atoms with Crippen LogP contribution in [0.4, 0.5) is 29.1 Å². The molecule has 0 radical (unpaired) electrons. The van der Waals surface area contributed by atoms with E-state index >= 15 is 0 Å². The molecule has 22 heteroatoms. The van der Waals surface area contributed by atoms with Gasteiger partial charge in [-0.25, -0.2) is 31.9 Å². The Kier molecular flexibility index (Phi) is 13.7. The summed E-state index contributed by atoms with van der Waals surface area (Å²) >= 11 is 0. The van der Waals surface area contributed by atoms with Crippen LogP contribution in [-0.2, 0) is 39.1 Å². The van der Waals surface area contributed by atoms with Gasteiger partial charge in [-0.1, -0.05) is 12.1 Å². The number of para-hydroxylation sites is 1. The summed E-state index contributed by atoms with van der Waals surface area (Å²) in [5.74, 6) is -4.41. The zero-order chi connectivity index (χ0) is 44.1. The number of nitrogens with zero attached hydrogens (tertiary/aromatic N) is 9. The number of anilines is 2. The first-order valence-electron chi connectivity index (χ1n) is 20.4. The van der Waals surface area contributed by atoms with Crippen molar-refractivity contribution in [1.82, 2.24) is 43.7 Å². The zero-order valence-electron chi connectivity index (χ0n) is 34.4. The first-order chi connectivity index (χ1) is 29.7. The number of carbonyl (C=O) groups is 3. The van der Waals surface area contributed by atoms with Crippen LogP contribution in [0.5, 0.6) is 0 Å². The average Bonchev–Trinajstić information content (AvgIpc) is 3.90. The van der Waals surface area contributed by atoms with Gasteiger partial charge in [-0.05, 0) is 50.4 Å². The number of rotatable bonds is 19. The van der Waals surface area contributed by atoms with Crippen molar-refractivity contribution in [2.45, 2.75) is 69.5 Å². The minimum atomic E-state index is -3.01. The number of halogens is 4. The molecule has 2 saturated heterocycles. The van der Waals surface area contributed by atoms with Gasteiger partial charge in [-0.3, -0.25) is 33.5 Å². The Bertz CT molecular complexity index is 2470. The van der Waals surface area contributed by atoms with Gasteiger partial charge in [0.1, 0.15) is 17.4 Å². The topological polar surface area (TPSA) is 201 Å². The van der Waals surface area contributed by atoms with Gasteiger partial charge < -0.3 is 30.3 Å². The van der Waals surface area contributed by atoms with Gasteiger partial charge >= 0.3 is 5.69 Å². The number of imide groups is 1. The first kappa shape index (κ1) is 44.3. The van der Waals surface area contributed by atoms with Crippen LogP contribution in [0.3, 0.4) is 0 Å². The van der Waals surface area contributed by atoms with E-state index in [-0.39, 0.29) is 66.9 Å². The highest BCUT2D eigenvalue weighted by molar-refractivity contribution is 6.08. The van der Waals surface area contributed by atoms with Crippen molar-refractivity contribution in [3.05, 3.63) is 70.2 Å². The van der Waals surface area contributed by atoms with Gasteiger partial charge in [-0.2, -0.15) is 10.2 Å². The highest BCUT2D eigenvalue weighted by Crippen LogP contribution is 2.30. The molecule has 18 nitrogen and oxygen atoms in total. The summed E-state index contributed by atoms with van der Waals surface area (Å²) in [5, 5.41) is 12.9. The number of alkyl halides is 4. The molecule has 2 fully saturated rings. The monoisotopic (exact) mass is 870 g/mol. The Morgan fingerprint density at radius 3 is 2.66 bits per heavy atom. The van der Waals surface area contributed by atoms with E-state index in [2.05, 4.69) is 30.7 Å². The lowest BCUT2D eigenvalue weighted by Gasteiger charge is -2.36. The molecule has 2 aliphatic heterocycles. The van der Waals surface area contributed by atoms with E-state index in [9.17, 15) is 36.7 Å². The number of nitrogens with two attached hydrogens (primary N) is 1. The molecule has 1 aromatic carbocycles. The van der Waals surface area contributed by atoms with Gasteiger partial charge in [0.05, 0.1) is 49.2 Å². The Morgan fingerprint density at radius 1 is 1.10 bits per heavy atom. The summed E-state index contributed by atoms with van der Waals surface area (Å²) < 4.78 is 73.6. The number of aryl methyl sites for hydroxylation is 2. The molecule has 2 aliphatic rings. The molecule has 0 bridgehead atoms. The molecule has 334 valence electrons. The molecule has 6 heterocycles. The SMILES string of the molecule is CN(CCCOCCCc1cccc2c1n(C)c(=O)n2C1CCC(=O)NC1=O)CCOCCn1cc(NC(=O)c2cnn3ccc(N4C[C@H](N)CC(F)(F)C4)nc23)c(C(F)F)n1. The lowest BCUT2D eigenvalue weighted by atomic mass is 10.0. The van der Waals surface area contributed by atoms with Crippen molar-refractivity contribution < 1.29 is 41.4 Å². The van der Waals surface area contributed by atoms with E-state index < -0.39 is 54.9 Å². The predicted molar refractivity (Wildman–Crippen MR) is 219 cm³/mol. The van der Waals surface area contributed by atoms with Crippen LogP contribution in [0.25, 0.3) is 16.7 Å². The van der Waals surface area contributed by atoms with Crippen LogP contribution in [0.2, 0.25) is 0 Å². The lowest BCUT2D eigenvalue weighted by Crippen LogP contribution is -2.52. The van der Waals surface area contributed by atoms with Gasteiger partial charge in [0.25, 0.3) is 18.3 Å². The molecule has 7 rings (SSSR count). The second kappa shape index (κ2) is 19.1. The second-order valence-corrected chi connectivity index (χ2v) is 15.7. The highest BCUT2D eigenvalue weighted by atomic mass is 19.3. The molecule has 0 saturated carbocycles. The van der Waals surface area contributed by atoms with Gasteiger partial charge in [0, 0.05) is 71.2 Å². The van der Waals surface area contributed by atoms with Crippen LogP contribution in [0.1, 0.15) is 66.2 Å². The van der Waals surface area contributed by atoms with Gasteiger partial charge in [0.2, 0.25) is 11.8 Å². The smallest absolute Gasteiger partial charge is 0.329 e. The number of hydrogen-bond donors (Lipinski definition) is 3. The van der Waals surface area contributed by atoms with Crippen molar-refractivity contribution in [1.29, 1.82) is 0 Å². The van der Waals surface area contributed by atoms with Crippen LogP contribution in [-0.4, -0.2) is 128 Å². The largest absolute Gasteiger partial charge is 0.381 e. The molecule has 4 aromatic heterocycles. The average molecular weight is 871 g/mol. The zero-order valence-corrected chi connectivity index (χ0v) is 34.4. The number of hydrogen-bond acceptors (Lipinski definition) is 12. The Balaban J connectivity index is 0.811. The number of carbonyl (C=O) groups excluding carboxylic acids is 3. The Hall–Kier alpha value is -5.71. The first-order valence-corrected chi connectivity index (χ1v) is 20.4. The number of nitrogens with one attached hydrogen (secondary N) is 2. The van der Waals surface area contributed by atoms with Crippen molar-refractivity contribution in [2.24, 2.45) is 12.8 Å². The van der Waals surface area contributed by atoms with Crippen LogP contribution in [0.15, 0.2) is 47.7 Å². The molecule has 3 amide bonds. The van der Waals surface area contributed by atoms with Gasteiger partial charge in [0.15, 0.2) is 11.3 Å². The predicted octanol–water partition coefficient (Wildman–Crippen LogP) is 2.91. The summed E-state index contributed by atoms with van der Waals surface area (Å²) in [6, 6.07) is 5.63. The molecule has 0 spiro atoms. The number of likely N-dealkylation sites (N-methyl/N-ethyl adjacent to an activating group) is 1. The van der Waals surface area contributed by atoms with E-state index in [1.54, 1.807) is 11.6 Å². The number of ether oxygens (including phenoxy) is 2. The molecule has 1 unspecified atom stereocenters.